The van der Waals surface area contributed by atoms with Gasteiger partial charge in [0.15, 0.2) is 0 Å². The number of aromatic nitrogens is 2. The van der Waals surface area contributed by atoms with Crippen molar-refractivity contribution in [3.8, 4) is 0 Å². The van der Waals surface area contributed by atoms with Gasteiger partial charge in [-0.1, -0.05) is 29.8 Å². The number of benzene rings is 2. The molecule has 0 aliphatic rings. The maximum atomic E-state index is 13.3. The molecule has 0 spiro atoms. The second kappa shape index (κ2) is 6.78. The smallest absolute Gasteiger partial charge is 0.241 e. The Bertz CT molecular complexity index is 964. The van der Waals surface area contributed by atoms with E-state index in [0.717, 1.165) is 5.56 Å². The molecule has 1 aromatic heterocycles. The fourth-order valence-electron chi connectivity index (χ4n) is 2.52. The zero-order chi connectivity index (χ0) is 18.0. The molecular formula is C18H18FN3O2S. The first-order chi connectivity index (χ1) is 11.9. The minimum atomic E-state index is -3.77. The molecule has 1 heterocycles. The molecule has 1 unspecified atom stereocenters. The average Bonchev–Trinajstić information content (AvgIpc) is 3.00. The van der Waals surface area contributed by atoms with E-state index in [2.05, 4.69) is 9.71 Å². The highest BCUT2D eigenvalue weighted by atomic mass is 32.2. The second-order valence-electron chi connectivity index (χ2n) is 5.82. The summed E-state index contributed by atoms with van der Waals surface area (Å²) in [6, 6.07) is 11.5. The van der Waals surface area contributed by atoms with Crippen LogP contribution in [0.4, 0.5) is 4.39 Å². The number of aryl methyl sites for hydroxylation is 2. The van der Waals surface area contributed by atoms with E-state index in [1.165, 1.54) is 12.1 Å². The summed E-state index contributed by atoms with van der Waals surface area (Å²) in [6.07, 6.45) is 3.32. The molecule has 0 saturated heterocycles. The summed E-state index contributed by atoms with van der Waals surface area (Å²) < 4.78 is 43.2. The number of rotatable bonds is 5. The van der Waals surface area contributed by atoms with Crippen LogP contribution in [0, 0.1) is 12.7 Å². The highest BCUT2D eigenvalue weighted by Crippen LogP contribution is 2.23. The summed E-state index contributed by atoms with van der Waals surface area (Å²) in [6.45, 7) is 1.89. The summed E-state index contributed by atoms with van der Waals surface area (Å²) in [5.41, 5.74) is 1.57. The summed E-state index contributed by atoms with van der Waals surface area (Å²) in [5.74, 6) is 0.131. The number of sulfonamides is 1. The highest BCUT2D eigenvalue weighted by Gasteiger charge is 2.25. The molecule has 1 atom stereocenters. The van der Waals surface area contributed by atoms with Crippen molar-refractivity contribution in [2.75, 3.05) is 0 Å². The Morgan fingerprint density at radius 1 is 1.08 bits per heavy atom. The molecule has 3 rings (SSSR count). The van der Waals surface area contributed by atoms with Crippen LogP contribution in [-0.4, -0.2) is 18.0 Å². The van der Waals surface area contributed by atoms with E-state index in [4.69, 9.17) is 0 Å². The molecule has 0 fully saturated rings. The molecule has 1 N–H and O–H groups in total. The molecule has 0 amide bonds. The van der Waals surface area contributed by atoms with Gasteiger partial charge in [0, 0.05) is 19.4 Å². The summed E-state index contributed by atoms with van der Waals surface area (Å²) >= 11 is 0. The molecule has 0 bridgehead atoms. The molecule has 0 aliphatic heterocycles. The van der Waals surface area contributed by atoms with Crippen molar-refractivity contribution >= 4 is 10.0 Å². The lowest BCUT2D eigenvalue weighted by atomic mass is 10.1. The van der Waals surface area contributed by atoms with Crippen LogP contribution in [0.2, 0.25) is 0 Å². The lowest BCUT2D eigenvalue weighted by Gasteiger charge is -2.19. The van der Waals surface area contributed by atoms with E-state index in [1.807, 2.05) is 6.92 Å². The van der Waals surface area contributed by atoms with Gasteiger partial charge in [-0.3, -0.25) is 0 Å². The predicted octanol–water partition coefficient (Wildman–Crippen LogP) is 2.94. The monoisotopic (exact) mass is 359 g/mol. The number of nitrogens with one attached hydrogen (secondary N) is 1. The largest absolute Gasteiger partial charge is 0.336 e. The molecule has 7 heteroatoms. The topological polar surface area (TPSA) is 64.0 Å². The molecule has 5 nitrogen and oxygen atoms in total. The third kappa shape index (κ3) is 3.78. The molecule has 0 radical (unpaired) electrons. The van der Waals surface area contributed by atoms with Crippen LogP contribution in [0.25, 0.3) is 0 Å². The maximum Gasteiger partial charge on any atom is 0.241 e. The number of hydrogen-bond donors (Lipinski definition) is 1. The highest BCUT2D eigenvalue weighted by molar-refractivity contribution is 7.89. The quantitative estimate of drug-likeness (QED) is 0.762. The Labute approximate surface area is 146 Å². The van der Waals surface area contributed by atoms with Gasteiger partial charge in [0.2, 0.25) is 10.0 Å². The standard InChI is InChI=1S/C18H18FN3O2S/c1-13-3-9-16(10-4-13)25(23,24)21-17(18-20-11-12-22(18)2)14-5-7-15(19)8-6-14/h3-12,17,21H,1-2H3. The summed E-state index contributed by atoms with van der Waals surface area (Å²) in [4.78, 5) is 4.42. The van der Waals surface area contributed by atoms with Crippen molar-refractivity contribution < 1.29 is 12.8 Å². The van der Waals surface area contributed by atoms with Crippen LogP contribution in [0.3, 0.4) is 0 Å². The molecule has 3 aromatic rings. The fourth-order valence-corrected chi connectivity index (χ4v) is 3.70. The minimum absolute atomic E-state index is 0.166. The Hall–Kier alpha value is -2.51. The van der Waals surface area contributed by atoms with Crippen LogP contribution in [0.15, 0.2) is 65.8 Å². The molecule has 2 aromatic carbocycles. The Morgan fingerprint density at radius 3 is 2.28 bits per heavy atom. The average molecular weight is 359 g/mol. The third-order valence-electron chi connectivity index (χ3n) is 3.92. The first-order valence-electron chi connectivity index (χ1n) is 7.68. The van der Waals surface area contributed by atoms with E-state index in [1.54, 1.807) is 60.4 Å². The SMILES string of the molecule is Cc1ccc(S(=O)(=O)NC(c2ccc(F)cc2)c2nccn2C)cc1. The number of hydrogen-bond acceptors (Lipinski definition) is 3. The first kappa shape index (κ1) is 17.3. The Morgan fingerprint density at radius 2 is 1.72 bits per heavy atom. The summed E-state index contributed by atoms with van der Waals surface area (Å²) in [7, 11) is -2.00. The van der Waals surface area contributed by atoms with Crippen LogP contribution in [0.1, 0.15) is 23.0 Å². The lowest BCUT2D eigenvalue weighted by Crippen LogP contribution is -2.31. The van der Waals surface area contributed by atoms with Gasteiger partial charge in [0.05, 0.1) is 4.90 Å². The van der Waals surface area contributed by atoms with Gasteiger partial charge in [-0.25, -0.2) is 17.8 Å². The summed E-state index contributed by atoms with van der Waals surface area (Å²) in [5, 5.41) is 0. The maximum absolute atomic E-state index is 13.3. The number of nitrogens with zero attached hydrogens (tertiary/aromatic N) is 2. The van der Waals surface area contributed by atoms with Crippen molar-refractivity contribution in [2.45, 2.75) is 17.9 Å². The van der Waals surface area contributed by atoms with Crippen LogP contribution < -0.4 is 4.72 Å². The van der Waals surface area contributed by atoms with Gasteiger partial charge in [-0.15, -0.1) is 0 Å². The Balaban J connectivity index is 2.02. The van der Waals surface area contributed by atoms with E-state index in [9.17, 15) is 12.8 Å². The molecular weight excluding hydrogens is 341 g/mol. The molecule has 0 aliphatic carbocycles. The van der Waals surface area contributed by atoms with Crippen LogP contribution >= 0.6 is 0 Å². The zero-order valence-corrected chi connectivity index (χ0v) is 14.7. The third-order valence-corrected chi connectivity index (χ3v) is 5.36. The fraction of sp³-hybridized carbons (Fsp3) is 0.167. The van der Waals surface area contributed by atoms with E-state index in [0.29, 0.717) is 11.4 Å². The molecule has 130 valence electrons. The number of imidazole rings is 1. The molecule has 0 saturated carbocycles. The van der Waals surface area contributed by atoms with Gasteiger partial charge in [-0.05, 0) is 36.8 Å². The van der Waals surface area contributed by atoms with Crippen molar-refractivity contribution in [3.05, 3.63) is 83.7 Å². The number of halogens is 1. The predicted molar refractivity (Wildman–Crippen MR) is 93.0 cm³/mol. The lowest BCUT2D eigenvalue weighted by molar-refractivity contribution is 0.562. The first-order valence-corrected chi connectivity index (χ1v) is 9.17. The van der Waals surface area contributed by atoms with Crippen molar-refractivity contribution in [2.24, 2.45) is 7.05 Å². The van der Waals surface area contributed by atoms with Gasteiger partial charge in [0.1, 0.15) is 17.7 Å². The van der Waals surface area contributed by atoms with E-state index < -0.39 is 16.1 Å². The zero-order valence-electron chi connectivity index (χ0n) is 13.8. The van der Waals surface area contributed by atoms with Crippen molar-refractivity contribution in [1.29, 1.82) is 0 Å². The van der Waals surface area contributed by atoms with Gasteiger partial charge in [0.25, 0.3) is 0 Å². The minimum Gasteiger partial charge on any atom is -0.336 e. The second-order valence-corrected chi connectivity index (χ2v) is 7.53. The van der Waals surface area contributed by atoms with Crippen LogP contribution in [-0.2, 0) is 17.1 Å². The Kier molecular flexibility index (Phi) is 4.69. The van der Waals surface area contributed by atoms with Crippen molar-refractivity contribution in [3.63, 3.8) is 0 Å². The van der Waals surface area contributed by atoms with Gasteiger partial charge >= 0.3 is 0 Å². The molecule has 25 heavy (non-hydrogen) atoms. The normalized spacial score (nSPS) is 12.9. The van der Waals surface area contributed by atoms with Gasteiger partial charge < -0.3 is 4.57 Å². The van der Waals surface area contributed by atoms with E-state index >= 15 is 0 Å². The van der Waals surface area contributed by atoms with E-state index in [-0.39, 0.29) is 10.7 Å². The van der Waals surface area contributed by atoms with Crippen LogP contribution in [0.5, 0.6) is 0 Å². The van der Waals surface area contributed by atoms with Gasteiger partial charge in [-0.2, -0.15) is 4.72 Å². The van der Waals surface area contributed by atoms with Crippen molar-refractivity contribution in [1.82, 2.24) is 14.3 Å².